The molecule has 0 amide bonds. The van der Waals surface area contributed by atoms with Crippen molar-refractivity contribution in [1.29, 1.82) is 0 Å². The number of hydrogen-bond donors (Lipinski definition) is 0. The Morgan fingerprint density at radius 2 is 1.71 bits per heavy atom. The van der Waals surface area contributed by atoms with Gasteiger partial charge in [0.15, 0.2) is 5.13 Å². The molecule has 6 heteroatoms. The zero-order valence-electron chi connectivity index (χ0n) is 14.3. The average molecular weight is 339 g/mol. The molecule has 0 aliphatic carbocycles. The fourth-order valence-electron chi connectivity index (χ4n) is 3.11. The zero-order valence-corrected chi connectivity index (χ0v) is 15.1. The largest absolute Gasteiger partial charge is 0.352 e. The quantitative estimate of drug-likeness (QED) is 0.716. The number of thiazole rings is 1. The van der Waals surface area contributed by atoms with Crippen molar-refractivity contribution in [2.75, 3.05) is 36.0 Å². The Labute approximate surface area is 146 Å². The van der Waals surface area contributed by atoms with E-state index in [0.717, 1.165) is 53.7 Å². The molecule has 0 spiro atoms. The summed E-state index contributed by atoms with van der Waals surface area (Å²) in [4.78, 5) is 19.7. The molecule has 0 atom stereocenters. The molecule has 24 heavy (non-hydrogen) atoms. The van der Waals surface area contributed by atoms with Crippen LogP contribution in [0.5, 0.6) is 0 Å². The van der Waals surface area contributed by atoms with Gasteiger partial charge in [0.25, 0.3) is 0 Å². The second-order valence-corrected chi connectivity index (χ2v) is 7.51. The number of piperazine rings is 1. The Hall–Kier alpha value is -2.21. The van der Waals surface area contributed by atoms with Gasteiger partial charge in [-0.1, -0.05) is 11.6 Å². The third-order valence-electron chi connectivity index (χ3n) is 4.64. The van der Waals surface area contributed by atoms with Crippen molar-refractivity contribution in [1.82, 2.24) is 15.0 Å². The number of hydrogen-bond acceptors (Lipinski definition) is 6. The van der Waals surface area contributed by atoms with E-state index >= 15 is 0 Å². The van der Waals surface area contributed by atoms with Crippen molar-refractivity contribution in [3.63, 3.8) is 0 Å². The van der Waals surface area contributed by atoms with E-state index in [1.807, 2.05) is 0 Å². The van der Waals surface area contributed by atoms with E-state index in [2.05, 4.69) is 58.7 Å². The van der Waals surface area contributed by atoms with Crippen molar-refractivity contribution >= 4 is 33.2 Å². The lowest BCUT2D eigenvalue weighted by Gasteiger charge is -2.35. The molecule has 1 fully saturated rings. The Morgan fingerprint density at radius 1 is 0.958 bits per heavy atom. The fourth-order valence-corrected chi connectivity index (χ4v) is 4.07. The van der Waals surface area contributed by atoms with Gasteiger partial charge in [-0.25, -0.2) is 15.0 Å². The smallest absolute Gasteiger partial charge is 0.185 e. The van der Waals surface area contributed by atoms with Crippen LogP contribution < -0.4 is 9.80 Å². The van der Waals surface area contributed by atoms with Crippen molar-refractivity contribution in [3.05, 3.63) is 40.7 Å². The molecule has 0 unspecified atom stereocenters. The lowest BCUT2D eigenvalue weighted by molar-refractivity contribution is 0.647. The van der Waals surface area contributed by atoms with Crippen LogP contribution in [-0.2, 0) is 0 Å². The second kappa shape index (κ2) is 6.02. The van der Waals surface area contributed by atoms with E-state index in [0.29, 0.717) is 0 Å². The molecule has 4 rings (SSSR count). The van der Waals surface area contributed by atoms with E-state index in [1.54, 1.807) is 17.7 Å². The minimum absolute atomic E-state index is 0.956. The minimum atomic E-state index is 0.956. The normalized spacial score (nSPS) is 15.3. The Bertz CT molecular complexity index is 861. The van der Waals surface area contributed by atoms with Gasteiger partial charge >= 0.3 is 0 Å². The summed E-state index contributed by atoms with van der Waals surface area (Å²) in [6.07, 6.45) is 1.67. The van der Waals surface area contributed by atoms with E-state index in [1.165, 1.54) is 10.4 Å². The van der Waals surface area contributed by atoms with Gasteiger partial charge in [-0.15, -0.1) is 11.3 Å². The molecule has 1 aliphatic rings. The number of fused-ring (bicyclic) bond motifs is 1. The van der Waals surface area contributed by atoms with Crippen LogP contribution in [0.1, 0.15) is 16.1 Å². The monoisotopic (exact) mass is 339 g/mol. The molecule has 2 aromatic heterocycles. The van der Waals surface area contributed by atoms with Crippen LogP contribution in [0.3, 0.4) is 0 Å². The summed E-state index contributed by atoms with van der Waals surface area (Å²) in [5, 5.41) is 2.29. The summed E-state index contributed by atoms with van der Waals surface area (Å²) >= 11 is 1.79. The van der Waals surface area contributed by atoms with Crippen LogP contribution in [0, 0.1) is 20.8 Å². The fraction of sp³-hybridized carbons (Fsp3) is 0.389. The highest BCUT2D eigenvalue weighted by atomic mass is 32.1. The first-order valence-corrected chi connectivity index (χ1v) is 9.09. The van der Waals surface area contributed by atoms with E-state index in [-0.39, 0.29) is 0 Å². The molecule has 0 N–H and O–H groups in total. The van der Waals surface area contributed by atoms with Crippen LogP contribution in [-0.4, -0.2) is 41.1 Å². The maximum absolute atomic E-state index is 4.69. The van der Waals surface area contributed by atoms with E-state index < -0.39 is 0 Å². The maximum atomic E-state index is 4.69. The number of anilines is 2. The summed E-state index contributed by atoms with van der Waals surface area (Å²) in [6.45, 7) is 10.2. The third kappa shape index (κ3) is 2.71. The summed E-state index contributed by atoms with van der Waals surface area (Å²) in [7, 11) is 0. The molecule has 0 saturated carbocycles. The van der Waals surface area contributed by atoms with Gasteiger partial charge in [0, 0.05) is 36.4 Å². The summed E-state index contributed by atoms with van der Waals surface area (Å²) in [6, 6.07) is 6.36. The molecular weight excluding hydrogens is 318 g/mol. The molecule has 5 nitrogen and oxygen atoms in total. The van der Waals surface area contributed by atoms with Crippen molar-refractivity contribution in [2.24, 2.45) is 0 Å². The molecule has 1 aliphatic heterocycles. The molecule has 0 radical (unpaired) electrons. The summed E-state index contributed by atoms with van der Waals surface area (Å²) in [5.74, 6) is 1.05. The Kier molecular flexibility index (Phi) is 3.84. The standard InChI is InChI=1S/C18H21N5S/c1-12-4-5-16-15(10-12)17(20-11-19-16)22-6-8-23(9-7-22)18-21-13(2)14(3)24-18/h4-5,10-11H,6-9H2,1-3H3. The van der Waals surface area contributed by atoms with Gasteiger partial charge in [0.1, 0.15) is 12.1 Å². The first-order valence-electron chi connectivity index (χ1n) is 8.27. The first kappa shape index (κ1) is 15.3. The topological polar surface area (TPSA) is 45.2 Å². The molecule has 1 saturated heterocycles. The number of rotatable bonds is 2. The Morgan fingerprint density at radius 3 is 2.42 bits per heavy atom. The third-order valence-corrected chi connectivity index (χ3v) is 5.77. The highest BCUT2D eigenvalue weighted by Crippen LogP contribution is 2.28. The lowest BCUT2D eigenvalue weighted by atomic mass is 10.1. The van der Waals surface area contributed by atoms with Crippen LogP contribution in [0.15, 0.2) is 24.5 Å². The second-order valence-electron chi connectivity index (χ2n) is 6.33. The molecular formula is C18H21N5S. The summed E-state index contributed by atoms with van der Waals surface area (Å²) in [5.41, 5.74) is 3.40. The summed E-state index contributed by atoms with van der Waals surface area (Å²) < 4.78 is 0. The van der Waals surface area contributed by atoms with Gasteiger partial charge < -0.3 is 9.80 Å². The van der Waals surface area contributed by atoms with E-state index in [4.69, 9.17) is 4.98 Å². The van der Waals surface area contributed by atoms with Gasteiger partial charge in [-0.3, -0.25) is 0 Å². The maximum Gasteiger partial charge on any atom is 0.185 e. The minimum Gasteiger partial charge on any atom is -0.352 e. The number of aromatic nitrogens is 3. The van der Waals surface area contributed by atoms with Crippen molar-refractivity contribution in [2.45, 2.75) is 20.8 Å². The van der Waals surface area contributed by atoms with Crippen LogP contribution in [0.4, 0.5) is 10.9 Å². The highest BCUT2D eigenvalue weighted by Gasteiger charge is 2.22. The predicted molar refractivity (Wildman–Crippen MR) is 100 cm³/mol. The SMILES string of the molecule is Cc1ccc2ncnc(N3CCN(c4nc(C)c(C)s4)CC3)c2c1. The number of benzene rings is 1. The van der Waals surface area contributed by atoms with Crippen LogP contribution >= 0.6 is 11.3 Å². The molecule has 3 heterocycles. The highest BCUT2D eigenvalue weighted by molar-refractivity contribution is 7.15. The lowest BCUT2D eigenvalue weighted by Crippen LogP contribution is -2.46. The van der Waals surface area contributed by atoms with E-state index in [9.17, 15) is 0 Å². The van der Waals surface area contributed by atoms with Crippen molar-refractivity contribution in [3.8, 4) is 0 Å². The van der Waals surface area contributed by atoms with Gasteiger partial charge in [-0.2, -0.15) is 0 Å². The van der Waals surface area contributed by atoms with Crippen molar-refractivity contribution < 1.29 is 0 Å². The molecule has 0 bridgehead atoms. The predicted octanol–water partition coefficient (Wildman–Crippen LogP) is 3.34. The Balaban J connectivity index is 1.57. The number of nitrogens with zero attached hydrogens (tertiary/aromatic N) is 5. The number of aryl methyl sites for hydroxylation is 3. The molecule has 1 aromatic carbocycles. The van der Waals surface area contributed by atoms with Crippen LogP contribution in [0.2, 0.25) is 0 Å². The van der Waals surface area contributed by atoms with Crippen LogP contribution in [0.25, 0.3) is 10.9 Å². The average Bonchev–Trinajstić information content (AvgIpc) is 2.93. The molecule has 124 valence electrons. The zero-order chi connectivity index (χ0) is 16.7. The van der Waals surface area contributed by atoms with Gasteiger partial charge in [-0.05, 0) is 32.9 Å². The first-order chi connectivity index (χ1) is 11.6. The molecule has 3 aromatic rings. The van der Waals surface area contributed by atoms with Gasteiger partial charge in [0.05, 0.1) is 11.2 Å². The van der Waals surface area contributed by atoms with Gasteiger partial charge in [0.2, 0.25) is 0 Å².